The molecule has 6 heteroatoms. The van der Waals surface area contributed by atoms with Gasteiger partial charge in [0, 0.05) is 19.1 Å². The Kier molecular flexibility index (Phi) is 9.45. The van der Waals surface area contributed by atoms with Crippen molar-refractivity contribution in [2.45, 2.75) is 52.8 Å². The maximum absolute atomic E-state index is 10.6. The Labute approximate surface area is 203 Å². The van der Waals surface area contributed by atoms with Gasteiger partial charge in [0.2, 0.25) is 5.88 Å². The molecule has 3 rings (SSSR count). The van der Waals surface area contributed by atoms with E-state index in [1.54, 1.807) is 6.08 Å². The number of benzene rings is 2. The van der Waals surface area contributed by atoms with E-state index in [4.69, 9.17) is 14.6 Å². The van der Waals surface area contributed by atoms with Gasteiger partial charge in [0.1, 0.15) is 5.75 Å². The summed E-state index contributed by atoms with van der Waals surface area (Å²) in [6.45, 7) is 13.9. The fraction of sp³-hybridized carbons (Fsp3) is 0.393. The number of aryl methyl sites for hydroxylation is 2. The summed E-state index contributed by atoms with van der Waals surface area (Å²) in [6.07, 6.45) is 2.05. The SMILES string of the molecule is C=CCOC[C@@H](O)CN(Cc1c(C)nn(-c2ccccc2)c1Oc1ccc(C)cc1)[C@H](C)CC. The Bertz CT molecular complexity index is 1030. The number of aliphatic hydroxyl groups excluding tert-OH is 1. The third-order valence-electron chi connectivity index (χ3n) is 5.94. The minimum Gasteiger partial charge on any atom is -0.439 e. The van der Waals surface area contributed by atoms with Crippen LogP contribution in [0.5, 0.6) is 11.6 Å². The first-order chi connectivity index (χ1) is 16.4. The molecule has 0 aliphatic rings. The molecule has 0 fully saturated rings. The second-order valence-corrected chi connectivity index (χ2v) is 8.70. The van der Waals surface area contributed by atoms with Gasteiger partial charge in [0.05, 0.1) is 36.3 Å². The Morgan fingerprint density at radius 2 is 1.82 bits per heavy atom. The highest BCUT2D eigenvalue weighted by Crippen LogP contribution is 2.32. The van der Waals surface area contributed by atoms with Gasteiger partial charge in [0.15, 0.2) is 0 Å². The van der Waals surface area contributed by atoms with E-state index in [2.05, 4.69) is 32.3 Å². The fourth-order valence-electron chi connectivity index (χ4n) is 3.76. The van der Waals surface area contributed by atoms with Crippen LogP contribution in [0.3, 0.4) is 0 Å². The minimum absolute atomic E-state index is 0.265. The molecule has 0 bridgehead atoms. The molecule has 1 heterocycles. The van der Waals surface area contributed by atoms with Crippen molar-refractivity contribution >= 4 is 0 Å². The van der Waals surface area contributed by atoms with E-state index in [1.165, 1.54) is 5.56 Å². The molecule has 0 aliphatic carbocycles. The van der Waals surface area contributed by atoms with E-state index in [1.807, 2.05) is 66.2 Å². The molecule has 0 saturated heterocycles. The lowest BCUT2D eigenvalue weighted by molar-refractivity contribution is 0.0155. The number of nitrogens with zero attached hydrogens (tertiary/aromatic N) is 3. The second-order valence-electron chi connectivity index (χ2n) is 8.70. The summed E-state index contributed by atoms with van der Waals surface area (Å²) in [5, 5.41) is 15.4. The molecule has 3 aromatic rings. The summed E-state index contributed by atoms with van der Waals surface area (Å²) in [5.41, 5.74) is 4.02. The van der Waals surface area contributed by atoms with E-state index >= 15 is 0 Å². The Morgan fingerprint density at radius 1 is 1.12 bits per heavy atom. The summed E-state index contributed by atoms with van der Waals surface area (Å²) < 4.78 is 13.8. The summed E-state index contributed by atoms with van der Waals surface area (Å²) in [5.74, 6) is 1.45. The Hall–Kier alpha value is -2.93. The highest BCUT2D eigenvalue weighted by Gasteiger charge is 2.24. The summed E-state index contributed by atoms with van der Waals surface area (Å²) >= 11 is 0. The van der Waals surface area contributed by atoms with Crippen LogP contribution in [-0.2, 0) is 11.3 Å². The molecule has 1 N–H and O–H groups in total. The van der Waals surface area contributed by atoms with Gasteiger partial charge in [-0.05, 0) is 51.5 Å². The molecule has 6 nitrogen and oxygen atoms in total. The molecule has 182 valence electrons. The predicted molar refractivity (Wildman–Crippen MR) is 137 cm³/mol. The maximum atomic E-state index is 10.6. The number of hydrogen-bond donors (Lipinski definition) is 1. The normalized spacial score (nSPS) is 13.1. The lowest BCUT2D eigenvalue weighted by atomic mass is 10.1. The molecule has 0 unspecified atom stereocenters. The molecule has 0 spiro atoms. The van der Waals surface area contributed by atoms with E-state index in [-0.39, 0.29) is 12.6 Å². The second kappa shape index (κ2) is 12.5. The van der Waals surface area contributed by atoms with Crippen LogP contribution in [0.4, 0.5) is 0 Å². The predicted octanol–water partition coefficient (Wildman–Crippen LogP) is 5.45. The van der Waals surface area contributed by atoms with Crippen molar-refractivity contribution < 1.29 is 14.6 Å². The Morgan fingerprint density at radius 3 is 2.47 bits per heavy atom. The van der Waals surface area contributed by atoms with Crippen LogP contribution in [0, 0.1) is 13.8 Å². The zero-order valence-corrected chi connectivity index (χ0v) is 20.8. The molecular weight excluding hydrogens is 426 g/mol. The van der Waals surface area contributed by atoms with Crippen LogP contribution in [0.1, 0.15) is 37.1 Å². The van der Waals surface area contributed by atoms with Gasteiger partial charge < -0.3 is 14.6 Å². The number of aliphatic hydroxyl groups is 1. The monoisotopic (exact) mass is 463 g/mol. The smallest absolute Gasteiger partial charge is 0.227 e. The largest absolute Gasteiger partial charge is 0.439 e. The first-order valence-electron chi connectivity index (χ1n) is 11.9. The zero-order valence-electron chi connectivity index (χ0n) is 20.8. The highest BCUT2D eigenvalue weighted by atomic mass is 16.5. The van der Waals surface area contributed by atoms with Crippen molar-refractivity contribution in [2.75, 3.05) is 19.8 Å². The molecule has 0 aliphatic heterocycles. The van der Waals surface area contributed by atoms with Gasteiger partial charge in [-0.1, -0.05) is 48.9 Å². The quantitative estimate of drug-likeness (QED) is 0.270. The molecule has 1 aromatic heterocycles. The van der Waals surface area contributed by atoms with Crippen molar-refractivity contribution in [3.63, 3.8) is 0 Å². The van der Waals surface area contributed by atoms with Crippen molar-refractivity contribution in [1.82, 2.24) is 14.7 Å². The number of ether oxygens (including phenoxy) is 2. The lowest BCUT2D eigenvalue weighted by Gasteiger charge is -2.30. The van der Waals surface area contributed by atoms with E-state index in [9.17, 15) is 5.11 Å². The summed E-state index contributed by atoms with van der Waals surface area (Å²) in [6, 6.07) is 18.3. The summed E-state index contributed by atoms with van der Waals surface area (Å²) in [4.78, 5) is 2.27. The average Bonchev–Trinajstić information content (AvgIpc) is 3.15. The van der Waals surface area contributed by atoms with Crippen LogP contribution in [0.2, 0.25) is 0 Å². The Balaban J connectivity index is 1.94. The van der Waals surface area contributed by atoms with Crippen LogP contribution in [-0.4, -0.2) is 51.7 Å². The first-order valence-corrected chi connectivity index (χ1v) is 11.9. The number of rotatable bonds is 13. The van der Waals surface area contributed by atoms with Gasteiger partial charge >= 0.3 is 0 Å². The third-order valence-corrected chi connectivity index (χ3v) is 5.94. The average molecular weight is 464 g/mol. The van der Waals surface area contributed by atoms with Gasteiger partial charge in [-0.3, -0.25) is 4.90 Å². The van der Waals surface area contributed by atoms with Crippen molar-refractivity contribution in [3.8, 4) is 17.3 Å². The fourth-order valence-corrected chi connectivity index (χ4v) is 3.76. The van der Waals surface area contributed by atoms with E-state index in [0.717, 1.165) is 29.1 Å². The van der Waals surface area contributed by atoms with Crippen molar-refractivity contribution in [3.05, 3.63) is 84.1 Å². The first kappa shape index (κ1) is 25.7. The van der Waals surface area contributed by atoms with Crippen LogP contribution < -0.4 is 4.74 Å². The summed E-state index contributed by atoms with van der Waals surface area (Å²) in [7, 11) is 0. The number of aromatic nitrogens is 2. The standard InChI is InChI=1S/C28H37N3O3/c1-6-17-33-20-25(32)18-30(22(4)7-2)19-27-23(5)29-31(24-11-9-8-10-12-24)28(27)34-26-15-13-21(3)14-16-26/h6,8-16,22,25,32H,1,7,17-20H2,2-5H3/t22-,25+/m1/s1. The van der Waals surface area contributed by atoms with E-state index in [0.29, 0.717) is 25.6 Å². The minimum atomic E-state index is -0.597. The molecule has 0 amide bonds. The molecular formula is C28H37N3O3. The van der Waals surface area contributed by atoms with Gasteiger partial charge in [0.25, 0.3) is 0 Å². The van der Waals surface area contributed by atoms with Crippen molar-refractivity contribution in [2.24, 2.45) is 0 Å². The molecule has 34 heavy (non-hydrogen) atoms. The molecule has 2 aromatic carbocycles. The lowest BCUT2D eigenvalue weighted by Crippen LogP contribution is -2.40. The topological polar surface area (TPSA) is 59.8 Å². The number of para-hydroxylation sites is 1. The van der Waals surface area contributed by atoms with Gasteiger partial charge in [-0.25, -0.2) is 4.68 Å². The highest BCUT2D eigenvalue weighted by molar-refractivity contribution is 5.43. The maximum Gasteiger partial charge on any atom is 0.227 e. The molecule has 2 atom stereocenters. The number of hydrogen-bond acceptors (Lipinski definition) is 5. The molecule has 0 saturated carbocycles. The zero-order chi connectivity index (χ0) is 24.5. The van der Waals surface area contributed by atoms with Gasteiger partial charge in [-0.2, -0.15) is 5.10 Å². The van der Waals surface area contributed by atoms with Gasteiger partial charge in [-0.15, -0.1) is 6.58 Å². The van der Waals surface area contributed by atoms with Crippen LogP contribution >= 0.6 is 0 Å². The van der Waals surface area contributed by atoms with E-state index < -0.39 is 6.10 Å². The van der Waals surface area contributed by atoms with Crippen LogP contribution in [0.15, 0.2) is 67.3 Å². The van der Waals surface area contributed by atoms with Crippen molar-refractivity contribution in [1.29, 1.82) is 0 Å². The molecule has 0 radical (unpaired) electrons. The van der Waals surface area contributed by atoms with Crippen LogP contribution in [0.25, 0.3) is 5.69 Å². The third kappa shape index (κ3) is 6.79.